The van der Waals surface area contributed by atoms with Gasteiger partial charge in [-0.2, -0.15) is 0 Å². The van der Waals surface area contributed by atoms with Crippen molar-refractivity contribution in [1.29, 1.82) is 0 Å². The Bertz CT molecular complexity index is 382. The molecule has 1 aliphatic carbocycles. The fourth-order valence-electron chi connectivity index (χ4n) is 1.93. The fourth-order valence-corrected chi connectivity index (χ4v) is 3.60. The van der Waals surface area contributed by atoms with E-state index in [0.717, 1.165) is 27.7 Å². The molecule has 1 N–H and O–H groups in total. The third-order valence-electron chi connectivity index (χ3n) is 2.83. The number of carbonyl (C=O) groups is 1. The summed E-state index contributed by atoms with van der Waals surface area (Å²) < 4.78 is 1.13. The molecule has 1 heterocycles. The van der Waals surface area contributed by atoms with Gasteiger partial charge in [0.05, 0.1) is 13.8 Å². The van der Waals surface area contributed by atoms with Crippen molar-refractivity contribution in [3.8, 4) is 0 Å². The van der Waals surface area contributed by atoms with Gasteiger partial charge in [0.15, 0.2) is 0 Å². The Kier molecular flexibility index (Phi) is 4.49. The lowest BCUT2D eigenvalue weighted by atomic mass is 9.95. The van der Waals surface area contributed by atoms with E-state index in [0.29, 0.717) is 0 Å². The summed E-state index contributed by atoms with van der Waals surface area (Å²) in [4.78, 5) is 11.9. The minimum Gasteiger partial charge on any atom is -0.348 e. The van der Waals surface area contributed by atoms with Gasteiger partial charge < -0.3 is 5.32 Å². The molecule has 0 aromatic carbocycles. The molecule has 2 nitrogen and oxygen atoms in total. The Labute approximate surface area is 118 Å². The Hall–Kier alpha value is 0.190. The van der Waals surface area contributed by atoms with E-state index in [1.54, 1.807) is 11.3 Å². The first kappa shape index (κ1) is 12.6. The molecule has 0 aliphatic heterocycles. The predicted molar refractivity (Wildman–Crippen MR) is 76.4 cm³/mol. The van der Waals surface area contributed by atoms with Crippen molar-refractivity contribution in [3.63, 3.8) is 0 Å². The van der Waals surface area contributed by atoms with Crippen LogP contribution in [0.25, 0.3) is 0 Å². The summed E-state index contributed by atoms with van der Waals surface area (Å²) in [5, 5.41) is 5.02. The lowest BCUT2D eigenvalue weighted by Crippen LogP contribution is -2.42. The Balaban J connectivity index is 1.96. The second-order valence-electron chi connectivity index (χ2n) is 4.02. The highest BCUT2D eigenvalue weighted by Crippen LogP contribution is 2.24. The van der Waals surface area contributed by atoms with Crippen molar-refractivity contribution in [2.45, 2.75) is 37.1 Å². The number of carbonyl (C=O) groups excluding carboxylic acids is 1. The minimum absolute atomic E-state index is 0.0108. The van der Waals surface area contributed by atoms with Gasteiger partial charge in [0.1, 0.15) is 0 Å². The van der Waals surface area contributed by atoms with Gasteiger partial charge in [-0.15, -0.1) is 22.9 Å². The lowest BCUT2D eigenvalue weighted by molar-refractivity contribution is 0.0929. The number of hydrogen-bond acceptors (Lipinski definition) is 2. The average Bonchev–Trinajstić information content (AvgIpc) is 2.68. The van der Waals surface area contributed by atoms with Crippen LogP contribution in [0.5, 0.6) is 0 Å². The second-order valence-corrected chi connectivity index (χ2v) is 7.39. The summed E-state index contributed by atoms with van der Waals surface area (Å²) in [7, 11) is 0. The molecule has 16 heavy (non-hydrogen) atoms. The molecule has 0 saturated heterocycles. The molecule has 2 rings (SSSR count). The zero-order chi connectivity index (χ0) is 11.5. The van der Waals surface area contributed by atoms with Crippen LogP contribution < -0.4 is 5.32 Å². The topological polar surface area (TPSA) is 29.1 Å². The van der Waals surface area contributed by atoms with Crippen LogP contribution in [0.2, 0.25) is 0 Å². The van der Waals surface area contributed by atoms with E-state index in [-0.39, 0.29) is 17.3 Å². The van der Waals surface area contributed by atoms with Gasteiger partial charge >= 0.3 is 0 Å². The zero-order valence-electron chi connectivity index (χ0n) is 8.71. The summed E-state index contributed by atoms with van der Waals surface area (Å²) in [5.41, 5.74) is 0.754. The van der Waals surface area contributed by atoms with Crippen LogP contribution in [0.4, 0.5) is 0 Å². The maximum Gasteiger partial charge on any atom is 0.252 e. The number of rotatable bonds is 2. The molecule has 2 atom stereocenters. The van der Waals surface area contributed by atoms with E-state index in [9.17, 15) is 4.79 Å². The predicted octanol–water partition coefficient (Wildman–Crippen LogP) is 3.63. The van der Waals surface area contributed by atoms with Gasteiger partial charge in [-0.3, -0.25) is 4.79 Å². The summed E-state index contributed by atoms with van der Waals surface area (Å²) in [6.07, 6.45) is 4.35. The number of amides is 1. The van der Waals surface area contributed by atoms with Gasteiger partial charge in [0.2, 0.25) is 0 Å². The van der Waals surface area contributed by atoms with Gasteiger partial charge in [-0.1, -0.05) is 12.8 Å². The van der Waals surface area contributed by atoms with Gasteiger partial charge in [-0.25, -0.2) is 0 Å². The van der Waals surface area contributed by atoms with E-state index in [1.165, 1.54) is 6.42 Å². The maximum absolute atomic E-state index is 11.9. The second kappa shape index (κ2) is 5.69. The highest BCUT2D eigenvalue weighted by Gasteiger charge is 2.25. The average molecular weight is 370 g/mol. The van der Waals surface area contributed by atoms with Crippen LogP contribution in [0.1, 0.15) is 36.0 Å². The highest BCUT2D eigenvalue weighted by atomic mass is 127. The number of nitrogens with one attached hydrogen (secondary N) is 1. The van der Waals surface area contributed by atoms with E-state index < -0.39 is 0 Å². The van der Waals surface area contributed by atoms with Crippen LogP contribution >= 0.6 is 45.5 Å². The number of thiophene rings is 1. The molecule has 2 unspecified atom stereocenters. The highest BCUT2D eigenvalue weighted by molar-refractivity contribution is 14.1. The normalized spacial score (nSPS) is 25.4. The number of halogens is 2. The number of alkyl halides is 1. The Morgan fingerprint density at radius 2 is 2.25 bits per heavy atom. The number of hydrogen-bond donors (Lipinski definition) is 1. The van der Waals surface area contributed by atoms with Crippen LogP contribution in [0.15, 0.2) is 11.4 Å². The van der Waals surface area contributed by atoms with Crippen LogP contribution in [-0.4, -0.2) is 17.3 Å². The van der Waals surface area contributed by atoms with Crippen molar-refractivity contribution in [2.75, 3.05) is 0 Å². The first-order valence-corrected chi connectivity index (χ1v) is 7.75. The fraction of sp³-hybridized carbons (Fsp3) is 0.545. The molecule has 1 aromatic heterocycles. The molecule has 0 spiro atoms. The summed E-state index contributed by atoms with van der Waals surface area (Å²) in [6, 6.07) is 2.05. The first-order valence-electron chi connectivity index (χ1n) is 5.36. The van der Waals surface area contributed by atoms with Gasteiger partial charge in [-0.05, 0) is 41.5 Å². The molecule has 5 heteroatoms. The molecule has 0 radical (unpaired) electrons. The Morgan fingerprint density at radius 1 is 1.50 bits per heavy atom. The molecule has 1 aliphatic rings. The summed E-state index contributed by atoms with van der Waals surface area (Å²) in [5.74, 6) is 0.0108. The first-order chi connectivity index (χ1) is 7.66. The molecule has 1 saturated carbocycles. The zero-order valence-corrected chi connectivity index (χ0v) is 12.4. The quantitative estimate of drug-likeness (QED) is 0.626. The molecule has 1 fully saturated rings. The lowest BCUT2D eigenvalue weighted by Gasteiger charge is -2.27. The third-order valence-corrected chi connectivity index (χ3v) is 5.14. The van der Waals surface area contributed by atoms with Crippen molar-refractivity contribution >= 4 is 51.4 Å². The van der Waals surface area contributed by atoms with E-state index in [2.05, 4.69) is 27.9 Å². The SMILES string of the molecule is O=C(NC1CCCCC1Cl)c1csc(I)c1. The van der Waals surface area contributed by atoms with E-state index in [4.69, 9.17) is 11.6 Å². The van der Waals surface area contributed by atoms with Gasteiger partial charge in [0, 0.05) is 11.4 Å². The van der Waals surface area contributed by atoms with Crippen molar-refractivity contribution in [2.24, 2.45) is 0 Å². The molecule has 0 bridgehead atoms. The minimum atomic E-state index is 0.0108. The van der Waals surface area contributed by atoms with Crippen molar-refractivity contribution in [1.82, 2.24) is 5.32 Å². The largest absolute Gasteiger partial charge is 0.348 e. The van der Waals surface area contributed by atoms with Crippen LogP contribution in [0.3, 0.4) is 0 Å². The maximum atomic E-state index is 11.9. The van der Waals surface area contributed by atoms with Crippen molar-refractivity contribution in [3.05, 3.63) is 19.9 Å². The molecule has 88 valence electrons. The summed E-state index contributed by atoms with van der Waals surface area (Å²) in [6.45, 7) is 0. The summed E-state index contributed by atoms with van der Waals surface area (Å²) >= 11 is 10.0. The Morgan fingerprint density at radius 3 is 2.88 bits per heavy atom. The molecule has 1 amide bonds. The standard InChI is InChI=1S/C11H13ClINOS/c12-8-3-1-2-4-9(8)14-11(15)7-5-10(13)16-6-7/h5-6,8-9H,1-4H2,(H,14,15). The monoisotopic (exact) mass is 369 g/mol. The van der Waals surface area contributed by atoms with E-state index >= 15 is 0 Å². The smallest absolute Gasteiger partial charge is 0.252 e. The van der Waals surface area contributed by atoms with Crippen molar-refractivity contribution < 1.29 is 4.79 Å². The van der Waals surface area contributed by atoms with Gasteiger partial charge in [0.25, 0.3) is 5.91 Å². The van der Waals surface area contributed by atoms with E-state index in [1.807, 2.05) is 11.4 Å². The van der Waals surface area contributed by atoms with Crippen LogP contribution in [0, 0.1) is 2.88 Å². The third kappa shape index (κ3) is 3.11. The van der Waals surface area contributed by atoms with Crippen LogP contribution in [-0.2, 0) is 0 Å². The molecular weight excluding hydrogens is 357 g/mol. The molecular formula is C11H13ClINOS. The molecule has 1 aromatic rings.